The third-order valence-electron chi connectivity index (χ3n) is 5.00. The van der Waals surface area contributed by atoms with Gasteiger partial charge in [0.2, 0.25) is 0 Å². The minimum atomic E-state index is 0.108. The molecule has 4 unspecified atom stereocenters. The summed E-state index contributed by atoms with van der Waals surface area (Å²) in [6.07, 6.45) is 2.35. The van der Waals surface area contributed by atoms with Crippen molar-refractivity contribution in [3.05, 3.63) is 29.8 Å². The molecule has 104 valence electrons. The van der Waals surface area contributed by atoms with Gasteiger partial charge in [-0.3, -0.25) is 0 Å². The molecule has 2 N–H and O–H groups in total. The van der Waals surface area contributed by atoms with Crippen LogP contribution in [0.15, 0.2) is 24.3 Å². The molecule has 2 aliphatic heterocycles. The van der Waals surface area contributed by atoms with Gasteiger partial charge in [-0.15, -0.1) is 0 Å². The molecule has 0 amide bonds. The van der Waals surface area contributed by atoms with Crippen molar-refractivity contribution in [3.63, 3.8) is 0 Å². The molecule has 19 heavy (non-hydrogen) atoms. The van der Waals surface area contributed by atoms with Gasteiger partial charge in [0.1, 0.15) is 5.75 Å². The molecule has 0 saturated carbocycles. The molecule has 0 radical (unpaired) electrons. The predicted octanol–water partition coefficient (Wildman–Crippen LogP) is 2.90. The lowest BCUT2D eigenvalue weighted by atomic mass is 9.69. The quantitative estimate of drug-likeness (QED) is 0.890. The third-order valence-corrected chi connectivity index (χ3v) is 5.00. The SMILES string of the molecule is CCC1(C(C)N)COC2c3ccccc3OCC2C1. The zero-order valence-corrected chi connectivity index (χ0v) is 11.8. The van der Waals surface area contributed by atoms with Crippen LogP contribution in [0.1, 0.15) is 38.4 Å². The average molecular weight is 261 g/mol. The molecule has 1 saturated heterocycles. The number of nitrogens with two attached hydrogens (primary N) is 1. The van der Waals surface area contributed by atoms with Crippen molar-refractivity contribution in [1.29, 1.82) is 0 Å². The van der Waals surface area contributed by atoms with E-state index in [4.69, 9.17) is 15.2 Å². The van der Waals surface area contributed by atoms with Crippen LogP contribution in [0.2, 0.25) is 0 Å². The molecule has 0 bridgehead atoms. The lowest BCUT2D eigenvalue weighted by Crippen LogP contribution is -2.50. The monoisotopic (exact) mass is 261 g/mol. The maximum Gasteiger partial charge on any atom is 0.125 e. The first-order valence-corrected chi connectivity index (χ1v) is 7.25. The van der Waals surface area contributed by atoms with E-state index in [2.05, 4.69) is 26.0 Å². The van der Waals surface area contributed by atoms with Gasteiger partial charge in [0.25, 0.3) is 0 Å². The molecule has 4 atom stereocenters. The molecule has 3 nitrogen and oxygen atoms in total. The highest BCUT2D eigenvalue weighted by Crippen LogP contribution is 2.49. The van der Waals surface area contributed by atoms with Crippen LogP contribution in [-0.2, 0) is 4.74 Å². The molecule has 1 aromatic carbocycles. The first-order chi connectivity index (χ1) is 9.16. The van der Waals surface area contributed by atoms with Crippen molar-refractivity contribution in [2.45, 2.75) is 38.8 Å². The van der Waals surface area contributed by atoms with Gasteiger partial charge in [0.05, 0.1) is 19.3 Å². The lowest BCUT2D eigenvalue weighted by Gasteiger charge is -2.48. The van der Waals surface area contributed by atoms with Gasteiger partial charge in [0.15, 0.2) is 0 Å². The topological polar surface area (TPSA) is 44.5 Å². The van der Waals surface area contributed by atoms with Crippen LogP contribution >= 0.6 is 0 Å². The molecule has 1 aromatic rings. The van der Waals surface area contributed by atoms with E-state index in [0.717, 1.165) is 31.8 Å². The molecule has 0 aliphatic carbocycles. The van der Waals surface area contributed by atoms with Gasteiger partial charge in [-0.1, -0.05) is 25.1 Å². The number of fused-ring (bicyclic) bond motifs is 3. The Hall–Kier alpha value is -1.06. The van der Waals surface area contributed by atoms with Crippen molar-refractivity contribution in [2.75, 3.05) is 13.2 Å². The van der Waals surface area contributed by atoms with Crippen molar-refractivity contribution in [3.8, 4) is 5.75 Å². The molecule has 2 aliphatic rings. The number of ether oxygens (including phenoxy) is 2. The Kier molecular flexibility index (Phi) is 3.27. The van der Waals surface area contributed by atoms with Crippen LogP contribution in [-0.4, -0.2) is 19.3 Å². The molecule has 3 rings (SSSR count). The van der Waals surface area contributed by atoms with Crippen LogP contribution in [0.25, 0.3) is 0 Å². The van der Waals surface area contributed by atoms with Crippen LogP contribution in [0, 0.1) is 11.3 Å². The van der Waals surface area contributed by atoms with E-state index in [1.807, 2.05) is 12.1 Å². The van der Waals surface area contributed by atoms with Gasteiger partial charge in [-0.25, -0.2) is 0 Å². The van der Waals surface area contributed by atoms with E-state index in [1.54, 1.807) is 0 Å². The summed E-state index contributed by atoms with van der Waals surface area (Å²) in [7, 11) is 0. The highest BCUT2D eigenvalue weighted by atomic mass is 16.5. The van der Waals surface area contributed by atoms with E-state index in [9.17, 15) is 0 Å². The van der Waals surface area contributed by atoms with Crippen molar-refractivity contribution < 1.29 is 9.47 Å². The van der Waals surface area contributed by atoms with E-state index < -0.39 is 0 Å². The number of rotatable bonds is 2. The summed E-state index contributed by atoms with van der Waals surface area (Å²) in [6, 6.07) is 8.39. The Morgan fingerprint density at radius 2 is 2.21 bits per heavy atom. The third kappa shape index (κ3) is 2.05. The fraction of sp³-hybridized carbons (Fsp3) is 0.625. The van der Waals surface area contributed by atoms with Crippen LogP contribution in [0.4, 0.5) is 0 Å². The predicted molar refractivity (Wildman–Crippen MR) is 75.1 cm³/mol. The minimum absolute atomic E-state index is 0.108. The molecular formula is C16H23NO2. The summed E-state index contributed by atoms with van der Waals surface area (Å²) < 4.78 is 12.1. The normalized spacial score (nSPS) is 34.9. The fourth-order valence-electron chi connectivity index (χ4n) is 3.50. The molecule has 0 aromatic heterocycles. The Morgan fingerprint density at radius 1 is 1.42 bits per heavy atom. The first-order valence-electron chi connectivity index (χ1n) is 7.25. The van der Waals surface area contributed by atoms with Crippen molar-refractivity contribution >= 4 is 0 Å². The Morgan fingerprint density at radius 3 is 2.95 bits per heavy atom. The summed E-state index contributed by atoms with van der Waals surface area (Å²) in [6.45, 7) is 5.82. The second kappa shape index (κ2) is 4.80. The minimum Gasteiger partial charge on any atom is -0.493 e. The highest BCUT2D eigenvalue weighted by Gasteiger charge is 2.45. The van der Waals surface area contributed by atoms with Crippen molar-refractivity contribution in [2.24, 2.45) is 17.1 Å². The van der Waals surface area contributed by atoms with Gasteiger partial charge in [0, 0.05) is 22.9 Å². The molecular weight excluding hydrogens is 238 g/mol. The van der Waals surface area contributed by atoms with Gasteiger partial charge in [-0.2, -0.15) is 0 Å². The van der Waals surface area contributed by atoms with Gasteiger partial charge >= 0.3 is 0 Å². The Bertz CT molecular complexity index is 460. The van der Waals surface area contributed by atoms with E-state index in [1.165, 1.54) is 5.56 Å². The van der Waals surface area contributed by atoms with Crippen LogP contribution in [0.5, 0.6) is 5.75 Å². The molecule has 1 fully saturated rings. The standard InChI is InChI=1S/C16H23NO2/c1-3-16(11(2)17)8-12-9-18-14-7-5-4-6-13(14)15(12)19-10-16/h4-7,11-12,15H,3,8-10,17H2,1-2H3. The number of hydrogen-bond donors (Lipinski definition) is 1. The highest BCUT2D eigenvalue weighted by molar-refractivity contribution is 5.37. The van der Waals surface area contributed by atoms with Gasteiger partial charge in [-0.05, 0) is 25.8 Å². The fourth-order valence-corrected chi connectivity index (χ4v) is 3.50. The summed E-state index contributed by atoms with van der Waals surface area (Å²) in [5.74, 6) is 1.41. The van der Waals surface area contributed by atoms with E-state index in [-0.39, 0.29) is 17.6 Å². The zero-order chi connectivity index (χ0) is 13.5. The summed E-state index contributed by atoms with van der Waals surface area (Å²) in [4.78, 5) is 0. The van der Waals surface area contributed by atoms with Crippen molar-refractivity contribution in [1.82, 2.24) is 0 Å². The average Bonchev–Trinajstić information content (AvgIpc) is 2.46. The molecule has 3 heteroatoms. The Balaban J connectivity index is 1.87. The smallest absolute Gasteiger partial charge is 0.125 e. The largest absolute Gasteiger partial charge is 0.493 e. The number of hydrogen-bond acceptors (Lipinski definition) is 3. The number of benzene rings is 1. The van der Waals surface area contributed by atoms with E-state index in [0.29, 0.717) is 5.92 Å². The second-order valence-corrected chi connectivity index (χ2v) is 6.05. The van der Waals surface area contributed by atoms with E-state index >= 15 is 0 Å². The summed E-state index contributed by atoms with van der Waals surface area (Å²) in [5, 5.41) is 0. The maximum atomic E-state index is 6.22. The molecule has 0 spiro atoms. The lowest BCUT2D eigenvalue weighted by molar-refractivity contribution is -0.127. The Labute approximate surface area is 115 Å². The zero-order valence-electron chi connectivity index (χ0n) is 11.8. The van der Waals surface area contributed by atoms with Gasteiger partial charge < -0.3 is 15.2 Å². The summed E-state index contributed by atoms with van der Waals surface area (Å²) >= 11 is 0. The molecule has 2 heterocycles. The maximum absolute atomic E-state index is 6.22. The van der Waals surface area contributed by atoms with Crippen LogP contribution < -0.4 is 10.5 Å². The summed E-state index contributed by atoms with van der Waals surface area (Å²) in [5.41, 5.74) is 7.52. The first kappa shape index (κ1) is 12.9. The van der Waals surface area contributed by atoms with Crippen LogP contribution in [0.3, 0.4) is 0 Å². The number of para-hydroxylation sites is 1. The second-order valence-electron chi connectivity index (χ2n) is 6.05.